The fraction of sp³-hybridized carbons (Fsp3) is 0.292. The molecule has 4 aromatic rings. The van der Waals surface area contributed by atoms with Crippen molar-refractivity contribution in [2.45, 2.75) is 13.1 Å². The molecule has 1 aliphatic heterocycles. The van der Waals surface area contributed by atoms with Gasteiger partial charge in [0.1, 0.15) is 0 Å². The van der Waals surface area contributed by atoms with Crippen molar-refractivity contribution < 1.29 is 0 Å². The van der Waals surface area contributed by atoms with Crippen LogP contribution in [-0.2, 0) is 20.1 Å². The molecule has 1 fully saturated rings. The summed E-state index contributed by atoms with van der Waals surface area (Å²) < 4.78 is 3.23. The van der Waals surface area contributed by atoms with E-state index >= 15 is 0 Å². The first-order valence-corrected chi connectivity index (χ1v) is 11.8. The first kappa shape index (κ1) is 22.7. The van der Waals surface area contributed by atoms with Crippen molar-refractivity contribution in [1.29, 1.82) is 0 Å². The number of imidazole rings is 1. The Kier molecular flexibility index (Phi) is 6.20. The highest BCUT2D eigenvalue weighted by molar-refractivity contribution is 6.42. The standard InChI is InChI=1S/C24H24Cl2N6O2/c1-29-21-20(22(33)28-24(29)34)32(15-17-7-8-18(25)19(26)13-17)23(27-21)31-11-9-30(10-12-31)14-16-5-3-2-4-6-16/h2-8,13H,9-12,14-15H2,1H3,(H,28,33,34). The minimum absolute atomic E-state index is 0.356. The third kappa shape index (κ3) is 4.36. The van der Waals surface area contributed by atoms with E-state index in [-0.39, 0.29) is 0 Å². The van der Waals surface area contributed by atoms with E-state index in [1.807, 2.05) is 16.7 Å². The highest BCUT2D eigenvalue weighted by Crippen LogP contribution is 2.26. The number of rotatable bonds is 5. The van der Waals surface area contributed by atoms with Crippen LogP contribution in [-0.4, -0.2) is 50.2 Å². The van der Waals surface area contributed by atoms with Gasteiger partial charge in [-0.3, -0.25) is 23.8 Å². The Morgan fingerprint density at radius 2 is 1.65 bits per heavy atom. The summed E-state index contributed by atoms with van der Waals surface area (Å²) in [6, 6.07) is 15.8. The molecule has 2 aromatic heterocycles. The summed E-state index contributed by atoms with van der Waals surface area (Å²) >= 11 is 12.3. The predicted molar refractivity (Wildman–Crippen MR) is 135 cm³/mol. The molecular weight excluding hydrogens is 475 g/mol. The minimum atomic E-state index is -0.490. The normalized spacial score (nSPS) is 14.7. The Bertz CT molecular complexity index is 1450. The van der Waals surface area contributed by atoms with Crippen molar-refractivity contribution in [2.24, 2.45) is 7.05 Å². The average Bonchev–Trinajstić information content (AvgIpc) is 3.21. The zero-order chi connectivity index (χ0) is 23.8. The van der Waals surface area contributed by atoms with Crippen molar-refractivity contribution >= 4 is 40.3 Å². The topological polar surface area (TPSA) is 79.2 Å². The number of piperazine rings is 1. The minimum Gasteiger partial charge on any atom is -0.340 e. The van der Waals surface area contributed by atoms with E-state index in [1.54, 1.807) is 19.2 Å². The van der Waals surface area contributed by atoms with Gasteiger partial charge in [0.2, 0.25) is 5.95 Å². The number of hydrogen-bond acceptors (Lipinski definition) is 5. The molecule has 176 valence electrons. The van der Waals surface area contributed by atoms with E-state index in [0.29, 0.717) is 33.7 Å². The lowest BCUT2D eigenvalue weighted by atomic mass is 10.2. The molecule has 0 bridgehead atoms. The fourth-order valence-electron chi connectivity index (χ4n) is 4.38. The molecular formula is C24H24Cl2N6O2. The summed E-state index contributed by atoms with van der Waals surface area (Å²) in [5, 5.41) is 0.914. The Balaban J connectivity index is 1.49. The van der Waals surface area contributed by atoms with Gasteiger partial charge in [0.15, 0.2) is 11.2 Å². The summed E-state index contributed by atoms with van der Waals surface area (Å²) in [5.41, 5.74) is 1.93. The number of benzene rings is 2. The summed E-state index contributed by atoms with van der Waals surface area (Å²) in [6.07, 6.45) is 0. The van der Waals surface area contributed by atoms with Gasteiger partial charge in [-0.25, -0.2) is 4.79 Å². The van der Waals surface area contributed by atoms with Gasteiger partial charge in [-0.2, -0.15) is 4.98 Å². The molecule has 0 unspecified atom stereocenters. The van der Waals surface area contributed by atoms with Crippen LogP contribution in [0.25, 0.3) is 11.2 Å². The van der Waals surface area contributed by atoms with Crippen molar-refractivity contribution in [2.75, 3.05) is 31.1 Å². The summed E-state index contributed by atoms with van der Waals surface area (Å²) in [6.45, 7) is 4.49. The maximum atomic E-state index is 12.8. The maximum Gasteiger partial charge on any atom is 0.329 e. The van der Waals surface area contributed by atoms with Crippen LogP contribution in [0.4, 0.5) is 5.95 Å². The van der Waals surface area contributed by atoms with Crippen LogP contribution in [0.15, 0.2) is 58.1 Å². The number of hydrogen-bond donors (Lipinski definition) is 1. The average molecular weight is 499 g/mol. The third-order valence-corrected chi connectivity index (χ3v) is 6.95. The van der Waals surface area contributed by atoms with E-state index in [0.717, 1.165) is 38.3 Å². The molecule has 0 atom stereocenters. The number of aromatic nitrogens is 4. The molecule has 8 nitrogen and oxygen atoms in total. The first-order valence-electron chi connectivity index (χ1n) is 11.1. The molecule has 34 heavy (non-hydrogen) atoms. The van der Waals surface area contributed by atoms with Gasteiger partial charge < -0.3 is 4.90 Å². The van der Waals surface area contributed by atoms with Crippen LogP contribution in [0.3, 0.4) is 0 Å². The van der Waals surface area contributed by atoms with Crippen molar-refractivity contribution in [3.05, 3.63) is 90.5 Å². The lowest BCUT2D eigenvalue weighted by Crippen LogP contribution is -2.46. The highest BCUT2D eigenvalue weighted by atomic mass is 35.5. The van der Waals surface area contributed by atoms with E-state index in [4.69, 9.17) is 28.2 Å². The zero-order valence-corrected chi connectivity index (χ0v) is 20.2. The molecule has 3 heterocycles. The number of nitrogens with one attached hydrogen (secondary N) is 1. The molecule has 2 aromatic carbocycles. The lowest BCUT2D eigenvalue weighted by molar-refractivity contribution is 0.248. The second kappa shape index (κ2) is 9.29. The van der Waals surface area contributed by atoms with Crippen LogP contribution in [0.5, 0.6) is 0 Å². The second-order valence-electron chi connectivity index (χ2n) is 8.49. The quantitative estimate of drug-likeness (QED) is 0.457. The molecule has 0 amide bonds. The fourth-order valence-corrected chi connectivity index (χ4v) is 4.70. The highest BCUT2D eigenvalue weighted by Gasteiger charge is 2.25. The zero-order valence-electron chi connectivity index (χ0n) is 18.7. The molecule has 1 N–H and O–H groups in total. The Hall–Kier alpha value is -3.07. The van der Waals surface area contributed by atoms with Crippen molar-refractivity contribution in [3.63, 3.8) is 0 Å². The van der Waals surface area contributed by atoms with Crippen LogP contribution in [0.2, 0.25) is 10.0 Å². The van der Waals surface area contributed by atoms with Crippen LogP contribution < -0.4 is 16.1 Å². The maximum absolute atomic E-state index is 12.8. The number of aromatic amines is 1. The van der Waals surface area contributed by atoms with Gasteiger partial charge in [0.25, 0.3) is 5.56 Å². The molecule has 10 heteroatoms. The third-order valence-electron chi connectivity index (χ3n) is 6.22. The van der Waals surface area contributed by atoms with Crippen LogP contribution >= 0.6 is 23.2 Å². The number of anilines is 1. The smallest absolute Gasteiger partial charge is 0.329 e. The largest absolute Gasteiger partial charge is 0.340 e. The lowest BCUT2D eigenvalue weighted by Gasteiger charge is -2.35. The predicted octanol–water partition coefficient (Wildman–Crippen LogP) is 3.10. The Morgan fingerprint density at radius 1 is 0.912 bits per heavy atom. The molecule has 1 aliphatic rings. The molecule has 5 rings (SSSR count). The van der Waals surface area contributed by atoms with Gasteiger partial charge in [-0.05, 0) is 23.3 Å². The van der Waals surface area contributed by atoms with Gasteiger partial charge >= 0.3 is 5.69 Å². The summed E-state index contributed by atoms with van der Waals surface area (Å²) in [5.74, 6) is 0.659. The second-order valence-corrected chi connectivity index (χ2v) is 9.30. The first-order chi connectivity index (χ1) is 16.4. The SMILES string of the molecule is Cn1c(=O)[nH]c(=O)c2c1nc(N1CCN(Cc3ccccc3)CC1)n2Cc1ccc(Cl)c(Cl)c1. The number of halogens is 2. The van der Waals surface area contributed by atoms with E-state index < -0.39 is 11.2 Å². The van der Waals surface area contributed by atoms with Crippen LogP contribution in [0.1, 0.15) is 11.1 Å². The molecule has 0 spiro atoms. The number of fused-ring (bicyclic) bond motifs is 1. The summed E-state index contributed by atoms with van der Waals surface area (Å²) in [7, 11) is 1.61. The Morgan fingerprint density at radius 3 is 2.35 bits per heavy atom. The van der Waals surface area contributed by atoms with E-state index in [2.05, 4.69) is 39.0 Å². The van der Waals surface area contributed by atoms with Crippen molar-refractivity contribution in [1.82, 2.24) is 24.0 Å². The summed E-state index contributed by atoms with van der Waals surface area (Å²) in [4.78, 5) is 36.8. The van der Waals surface area contributed by atoms with Gasteiger partial charge in [0, 0.05) is 39.8 Å². The van der Waals surface area contributed by atoms with E-state index in [1.165, 1.54) is 10.1 Å². The molecule has 0 saturated carbocycles. The number of aryl methyl sites for hydroxylation is 1. The van der Waals surface area contributed by atoms with E-state index in [9.17, 15) is 9.59 Å². The van der Waals surface area contributed by atoms with Gasteiger partial charge in [0.05, 0.1) is 16.6 Å². The molecule has 0 radical (unpaired) electrons. The molecule has 0 aliphatic carbocycles. The Labute approximate surface area is 206 Å². The van der Waals surface area contributed by atoms with Crippen LogP contribution in [0, 0.1) is 0 Å². The van der Waals surface area contributed by atoms with Gasteiger partial charge in [-0.15, -0.1) is 0 Å². The number of H-pyrrole nitrogens is 1. The van der Waals surface area contributed by atoms with Crippen molar-refractivity contribution in [3.8, 4) is 0 Å². The monoisotopic (exact) mass is 498 g/mol. The molecule has 1 saturated heterocycles. The number of nitrogens with zero attached hydrogens (tertiary/aromatic N) is 5. The van der Waals surface area contributed by atoms with Gasteiger partial charge in [-0.1, -0.05) is 59.6 Å².